The minimum absolute atomic E-state index is 0.0354. The Balaban J connectivity index is 1.69. The third kappa shape index (κ3) is 10.7. The summed E-state index contributed by atoms with van der Waals surface area (Å²) in [6, 6.07) is 7.77. The smallest absolute Gasteiger partial charge is 0.315 e. The molecule has 10 heteroatoms. The topological polar surface area (TPSA) is 137 Å². The molecule has 46 heavy (non-hydrogen) atoms. The highest BCUT2D eigenvalue weighted by atomic mass is 16.2. The van der Waals surface area contributed by atoms with Crippen LogP contribution in [0.15, 0.2) is 43.0 Å². The van der Waals surface area contributed by atoms with Crippen LogP contribution in [0.5, 0.6) is 0 Å². The highest BCUT2D eigenvalue weighted by molar-refractivity contribution is 6.38. The Kier molecular flexibility index (Phi) is 13.8. The van der Waals surface area contributed by atoms with Crippen molar-refractivity contribution in [2.75, 3.05) is 13.1 Å². The predicted octanol–water partition coefficient (Wildman–Crippen LogP) is 4.57. The van der Waals surface area contributed by atoms with E-state index in [9.17, 15) is 24.0 Å². The maximum atomic E-state index is 13.7. The number of hydrogen-bond acceptors (Lipinski definition) is 5. The van der Waals surface area contributed by atoms with Crippen LogP contribution < -0.4 is 21.3 Å². The summed E-state index contributed by atoms with van der Waals surface area (Å²) >= 11 is 0. The monoisotopic (exact) mass is 637 g/mol. The van der Waals surface area contributed by atoms with Crippen LogP contribution in [-0.4, -0.2) is 71.2 Å². The first kappa shape index (κ1) is 36.8. The number of amides is 5. The zero-order chi connectivity index (χ0) is 33.7. The molecule has 1 aromatic rings. The van der Waals surface area contributed by atoms with Crippen molar-refractivity contribution >= 4 is 29.5 Å². The normalized spacial score (nSPS) is 19.2. The van der Waals surface area contributed by atoms with Gasteiger partial charge in [-0.1, -0.05) is 96.2 Å². The van der Waals surface area contributed by atoms with Crippen LogP contribution in [0.25, 0.3) is 0 Å². The van der Waals surface area contributed by atoms with E-state index in [1.807, 2.05) is 45.9 Å². The largest absolute Gasteiger partial charge is 0.346 e. The molecule has 5 amide bonds. The molecule has 1 aliphatic carbocycles. The molecule has 3 unspecified atom stereocenters. The van der Waals surface area contributed by atoms with Crippen molar-refractivity contribution in [3.63, 3.8) is 0 Å². The Morgan fingerprint density at radius 3 is 2.28 bits per heavy atom. The molecule has 4 N–H and O–H groups in total. The molecule has 2 aliphatic rings. The molecule has 3 rings (SSSR count). The molecule has 0 aromatic heterocycles. The zero-order valence-electron chi connectivity index (χ0n) is 28.3. The fourth-order valence-corrected chi connectivity index (χ4v) is 6.61. The van der Waals surface area contributed by atoms with Gasteiger partial charge in [-0.05, 0) is 49.5 Å². The number of rotatable bonds is 14. The average molecular weight is 638 g/mol. The second-order valence-electron chi connectivity index (χ2n) is 14.0. The lowest BCUT2D eigenvalue weighted by atomic mass is 9.83. The van der Waals surface area contributed by atoms with E-state index >= 15 is 0 Å². The van der Waals surface area contributed by atoms with E-state index in [0.717, 1.165) is 44.9 Å². The van der Waals surface area contributed by atoms with Gasteiger partial charge in [0, 0.05) is 31.1 Å². The minimum Gasteiger partial charge on any atom is -0.346 e. The summed E-state index contributed by atoms with van der Waals surface area (Å²) in [6.45, 7) is 11.9. The summed E-state index contributed by atoms with van der Waals surface area (Å²) < 4.78 is 0. The van der Waals surface area contributed by atoms with Gasteiger partial charge in [0.05, 0.1) is 6.04 Å². The Hall–Kier alpha value is -3.69. The number of carbonyl (C=O) groups excluding carboxylic acids is 5. The summed E-state index contributed by atoms with van der Waals surface area (Å²) in [6.07, 6.45) is 10.5. The van der Waals surface area contributed by atoms with Crippen LogP contribution >= 0.6 is 0 Å². The third-order valence-electron chi connectivity index (χ3n) is 9.27. The lowest BCUT2D eigenvalue weighted by Gasteiger charge is -2.37. The van der Waals surface area contributed by atoms with Gasteiger partial charge in [-0.3, -0.25) is 19.2 Å². The molecule has 1 saturated carbocycles. The van der Waals surface area contributed by atoms with Crippen molar-refractivity contribution < 1.29 is 24.0 Å². The fraction of sp³-hybridized carbons (Fsp3) is 0.639. The molecule has 0 bridgehead atoms. The highest BCUT2D eigenvalue weighted by Crippen LogP contribution is 2.31. The molecule has 2 fully saturated rings. The standard InChI is InChI=1S/C36H55N5O5/c1-6-16-27(31(43)33(45)37-22-7-2)38-32(44)28-19-15-23-41(28)30(42)24-29(35(3,4)5)39-34(46)40-36(20-13-8-9-14-21-36)25-26-17-11-10-12-18-26/h7,10-12,17-18,27-29H,2,6,8-9,13-16,19-25H2,1,3-5H3,(H,37,45)(H,38,44)(H2,39,40,46). The molecular formula is C36H55N5O5. The number of benzene rings is 1. The van der Waals surface area contributed by atoms with E-state index in [2.05, 4.69) is 40.0 Å². The Bertz CT molecular complexity index is 1200. The van der Waals surface area contributed by atoms with Crippen molar-refractivity contribution in [2.45, 2.75) is 128 Å². The summed E-state index contributed by atoms with van der Waals surface area (Å²) in [4.78, 5) is 67.4. The summed E-state index contributed by atoms with van der Waals surface area (Å²) in [5, 5.41) is 11.7. The van der Waals surface area contributed by atoms with Gasteiger partial charge in [0.25, 0.3) is 5.91 Å². The van der Waals surface area contributed by atoms with Gasteiger partial charge >= 0.3 is 6.03 Å². The Morgan fingerprint density at radius 1 is 1.00 bits per heavy atom. The summed E-state index contributed by atoms with van der Waals surface area (Å²) in [5.74, 6) is -2.16. The number of hydrogen-bond donors (Lipinski definition) is 4. The van der Waals surface area contributed by atoms with Gasteiger partial charge in [-0.25, -0.2) is 4.79 Å². The van der Waals surface area contributed by atoms with Gasteiger partial charge in [0.1, 0.15) is 6.04 Å². The molecule has 254 valence electrons. The lowest BCUT2D eigenvalue weighted by molar-refractivity contribution is -0.142. The third-order valence-corrected chi connectivity index (χ3v) is 9.27. The maximum Gasteiger partial charge on any atom is 0.315 e. The van der Waals surface area contributed by atoms with E-state index < -0.39 is 41.1 Å². The van der Waals surface area contributed by atoms with Crippen LogP contribution in [0.2, 0.25) is 0 Å². The molecular weight excluding hydrogens is 582 g/mol. The van der Waals surface area contributed by atoms with E-state index in [0.29, 0.717) is 32.2 Å². The van der Waals surface area contributed by atoms with Gasteiger partial charge < -0.3 is 26.2 Å². The highest BCUT2D eigenvalue weighted by Gasteiger charge is 2.40. The van der Waals surface area contributed by atoms with Gasteiger partial charge in [-0.2, -0.15) is 0 Å². The Morgan fingerprint density at radius 2 is 1.67 bits per heavy atom. The number of likely N-dealkylation sites (tertiary alicyclic amines) is 1. The van der Waals surface area contributed by atoms with Gasteiger partial charge in [0.15, 0.2) is 0 Å². The number of carbonyl (C=O) groups is 5. The number of Topliss-reactive ketones (excluding diaryl/α,β-unsaturated/α-hetero) is 1. The molecule has 1 aliphatic heterocycles. The molecule has 1 aromatic carbocycles. The van der Waals surface area contributed by atoms with Crippen molar-refractivity contribution in [3.05, 3.63) is 48.6 Å². The average Bonchev–Trinajstić information content (AvgIpc) is 3.41. The second kappa shape index (κ2) is 17.3. The maximum absolute atomic E-state index is 13.7. The first-order valence-electron chi connectivity index (χ1n) is 17.0. The molecule has 3 atom stereocenters. The van der Waals surface area contributed by atoms with Crippen LogP contribution in [0.4, 0.5) is 4.79 Å². The molecule has 1 heterocycles. The number of nitrogens with zero attached hydrogens (tertiary/aromatic N) is 1. The van der Waals surface area contributed by atoms with Crippen molar-refractivity contribution in [3.8, 4) is 0 Å². The molecule has 10 nitrogen and oxygen atoms in total. The zero-order valence-corrected chi connectivity index (χ0v) is 28.3. The van der Waals surface area contributed by atoms with Crippen LogP contribution in [-0.2, 0) is 25.6 Å². The number of urea groups is 1. The SMILES string of the molecule is C=CCNC(=O)C(=O)C(CCC)NC(=O)C1CCCN1C(=O)CC(NC(=O)NC1(Cc2ccccc2)CCCCCC1)C(C)(C)C. The predicted molar refractivity (Wildman–Crippen MR) is 180 cm³/mol. The summed E-state index contributed by atoms with van der Waals surface area (Å²) in [5.41, 5.74) is 0.394. The molecule has 1 saturated heterocycles. The van der Waals surface area contributed by atoms with Crippen molar-refractivity contribution in [1.82, 2.24) is 26.2 Å². The molecule has 0 spiro atoms. The van der Waals surface area contributed by atoms with E-state index in [1.54, 1.807) is 4.90 Å². The van der Waals surface area contributed by atoms with E-state index in [-0.39, 0.29) is 30.4 Å². The summed E-state index contributed by atoms with van der Waals surface area (Å²) in [7, 11) is 0. The van der Waals surface area contributed by atoms with Gasteiger partial charge in [-0.15, -0.1) is 6.58 Å². The van der Waals surface area contributed by atoms with E-state index in [1.165, 1.54) is 11.6 Å². The first-order valence-corrected chi connectivity index (χ1v) is 17.0. The van der Waals surface area contributed by atoms with E-state index in [4.69, 9.17) is 0 Å². The van der Waals surface area contributed by atoms with Crippen molar-refractivity contribution in [2.24, 2.45) is 5.41 Å². The molecule has 0 radical (unpaired) electrons. The number of ketones is 1. The van der Waals surface area contributed by atoms with Gasteiger partial charge in [0.2, 0.25) is 17.6 Å². The second-order valence-corrected chi connectivity index (χ2v) is 14.0. The van der Waals surface area contributed by atoms with Crippen LogP contribution in [0.1, 0.15) is 104 Å². The fourth-order valence-electron chi connectivity index (χ4n) is 6.61. The quantitative estimate of drug-likeness (QED) is 0.135. The Labute approximate surface area is 274 Å². The lowest BCUT2D eigenvalue weighted by Crippen LogP contribution is -2.58. The van der Waals surface area contributed by atoms with Crippen molar-refractivity contribution in [1.29, 1.82) is 0 Å². The minimum atomic E-state index is -0.972. The van der Waals surface area contributed by atoms with Crippen LogP contribution in [0.3, 0.4) is 0 Å². The first-order chi connectivity index (χ1) is 21.9. The van der Waals surface area contributed by atoms with Crippen LogP contribution in [0, 0.1) is 5.41 Å². The number of nitrogens with one attached hydrogen (secondary N) is 4.